The van der Waals surface area contributed by atoms with Crippen molar-refractivity contribution < 1.29 is 17.6 Å². The monoisotopic (exact) mass is 274 g/mol. The minimum absolute atomic E-state index is 0.101. The third-order valence-corrected chi connectivity index (χ3v) is 3.46. The van der Waals surface area contributed by atoms with Crippen LogP contribution in [0.5, 0.6) is 0 Å². The number of benzene rings is 1. The van der Waals surface area contributed by atoms with Gasteiger partial charge in [-0.3, -0.25) is 4.79 Å². The van der Waals surface area contributed by atoms with Gasteiger partial charge in [0.1, 0.15) is 10.7 Å². The fourth-order valence-electron chi connectivity index (χ4n) is 1.55. The summed E-state index contributed by atoms with van der Waals surface area (Å²) < 4.78 is 35.6. The molecule has 2 N–H and O–H groups in total. The predicted molar refractivity (Wildman–Crippen MR) is 65.0 cm³/mol. The van der Waals surface area contributed by atoms with Gasteiger partial charge in [-0.15, -0.1) is 0 Å². The number of nitrogens with two attached hydrogens (primary N) is 1. The molecule has 1 amide bonds. The molecule has 0 aliphatic rings. The number of hydrogen-bond donors (Lipinski definition) is 1. The lowest BCUT2D eigenvalue weighted by molar-refractivity contribution is 0.0772. The van der Waals surface area contributed by atoms with Crippen molar-refractivity contribution in [3.05, 3.63) is 29.6 Å². The molecule has 0 radical (unpaired) electrons. The van der Waals surface area contributed by atoms with Crippen LogP contribution in [-0.4, -0.2) is 32.3 Å². The highest BCUT2D eigenvalue weighted by Gasteiger charge is 2.19. The Kier molecular flexibility index (Phi) is 4.42. The van der Waals surface area contributed by atoms with Crippen LogP contribution in [0.4, 0.5) is 4.39 Å². The topological polar surface area (TPSA) is 80.5 Å². The van der Waals surface area contributed by atoms with Crippen molar-refractivity contribution in [3.63, 3.8) is 0 Å². The number of primary sulfonamides is 1. The van der Waals surface area contributed by atoms with Gasteiger partial charge in [-0.05, 0) is 32.0 Å². The van der Waals surface area contributed by atoms with Crippen molar-refractivity contribution in [1.29, 1.82) is 0 Å². The molecule has 0 spiro atoms. The molecule has 0 fully saturated rings. The fraction of sp³-hybridized carbons (Fsp3) is 0.364. The molecule has 0 aliphatic heterocycles. The highest BCUT2D eigenvalue weighted by molar-refractivity contribution is 7.89. The quantitative estimate of drug-likeness (QED) is 0.887. The van der Waals surface area contributed by atoms with Crippen LogP contribution < -0.4 is 5.14 Å². The van der Waals surface area contributed by atoms with Crippen molar-refractivity contribution in [1.82, 2.24) is 4.90 Å². The standard InChI is InChI=1S/C11H15FN2O3S/c1-3-14(4-2)11(15)8-5-6-9(12)10(7-8)18(13,16)17/h5-7H,3-4H2,1-2H3,(H2,13,16,17). The largest absolute Gasteiger partial charge is 0.339 e. The second-order valence-corrected chi connectivity index (χ2v) is 5.20. The summed E-state index contributed by atoms with van der Waals surface area (Å²) in [7, 11) is -4.17. The first-order valence-corrected chi connectivity index (χ1v) is 6.97. The highest BCUT2D eigenvalue weighted by Crippen LogP contribution is 2.16. The van der Waals surface area contributed by atoms with E-state index in [-0.39, 0.29) is 11.5 Å². The predicted octanol–water partition coefficient (Wildman–Crippen LogP) is 0.955. The van der Waals surface area contributed by atoms with E-state index in [9.17, 15) is 17.6 Å². The summed E-state index contributed by atoms with van der Waals surface area (Å²) in [4.78, 5) is 12.8. The van der Waals surface area contributed by atoms with Crippen LogP contribution in [-0.2, 0) is 10.0 Å². The molecule has 1 aromatic rings. The minimum Gasteiger partial charge on any atom is -0.339 e. The summed E-state index contributed by atoms with van der Waals surface area (Å²) in [5.41, 5.74) is 0.101. The van der Waals surface area contributed by atoms with E-state index in [0.29, 0.717) is 13.1 Å². The maximum absolute atomic E-state index is 13.3. The van der Waals surface area contributed by atoms with Crippen LogP contribution in [0.1, 0.15) is 24.2 Å². The van der Waals surface area contributed by atoms with Gasteiger partial charge in [-0.25, -0.2) is 17.9 Å². The third kappa shape index (κ3) is 3.05. The number of amides is 1. The van der Waals surface area contributed by atoms with Crippen LogP contribution in [0, 0.1) is 5.82 Å². The summed E-state index contributed by atoms with van der Waals surface area (Å²) in [6, 6.07) is 3.13. The Labute approximate surface area is 105 Å². The molecule has 0 atom stereocenters. The maximum atomic E-state index is 13.3. The van der Waals surface area contributed by atoms with Crippen LogP contribution in [0.2, 0.25) is 0 Å². The summed E-state index contributed by atoms with van der Waals surface area (Å²) in [6.07, 6.45) is 0. The first kappa shape index (κ1) is 14.6. The zero-order valence-electron chi connectivity index (χ0n) is 10.2. The molecule has 1 aromatic carbocycles. The third-order valence-electron chi connectivity index (χ3n) is 2.54. The van der Waals surface area contributed by atoms with Crippen molar-refractivity contribution >= 4 is 15.9 Å². The molecular weight excluding hydrogens is 259 g/mol. The number of sulfonamides is 1. The molecule has 0 saturated heterocycles. The Morgan fingerprint density at radius 2 is 1.89 bits per heavy atom. The molecule has 0 bridgehead atoms. The minimum atomic E-state index is -4.17. The summed E-state index contributed by atoms with van der Waals surface area (Å²) >= 11 is 0. The van der Waals surface area contributed by atoms with Gasteiger partial charge in [0.25, 0.3) is 5.91 Å². The van der Waals surface area contributed by atoms with E-state index in [1.807, 2.05) is 0 Å². The SMILES string of the molecule is CCN(CC)C(=O)c1ccc(F)c(S(N)(=O)=O)c1. The van der Waals surface area contributed by atoms with Crippen molar-refractivity contribution in [2.75, 3.05) is 13.1 Å². The van der Waals surface area contributed by atoms with E-state index in [1.165, 1.54) is 11.0 Å². The number of nitrogens with zero attached hydrogens (tertiary/aromatic N) is 1. The molecule has 0 unspecified atom stereocenters. The number of hydrogen-bond acceptors (Lipinski definition) is 3. The van der Waals surface area contributed by atoms with E-state index in [1.54, 1.807) is 13.8 Å². The average Bonchev–Trinajstić information content (AvgIpc) is 2.29. The van der Waals surface area contributed by atoms with E-state index in [4.69, 9.17) is 5.14 Å². The van der Waals surface area contributed by atoms with Gasteiger partial charge in [-0.2, -0.15) is 0 Å². The first-order valence-electron chi connectivity index (χ1n) is 5.42. The lowest BCUT2D eigenvalue weighted by Gasteiger charge is -2.18. The Bertz CT molecular complexity index is 553. The number of rotatable bonds is 4. The molecule has 7 heteroatoms. The molecular formula is C11H15FN2O3S. The highest BCUT2D eigenvalue weighted by atomic mass is 32.2. The number of halogens is 1. The molecule has 18 heavy (non-hydrogen) atoms. The first-order chi connectivity index (χ1) is 8.31. The average molecular weight is 274 g/mol. The second kappa shape index (κ2) is 5.45. The van der Waals surface area contributed by atoms with Gasteiger partial charge in [0, 0.05) is 18.7 Å². The van der Waals surface area contributed by atoms with Crippen LogP contribution in [0.25, 0.3) is 0 Å². The van der Waals surface area contributed by atoms with E-state index >= 15 is 0 Å². The van der Waals surface area contributed by atoms with Crippen molar-refractivity contribution in [3.8, 4) is 0 Å². The van der Waals surface area contributed by atoms with Gasteiger partial charge in [0.15, 0.2) is 0 Å². The summed E-state index contributed by atoms with van der Waals surface area (Å²) in [5, 5.41) is 4.88. The fourth-order valence-corrected chi connectivity index (χ4v) is 2.18. The van der Waals surface area contributed by atoms with E-state index in [0.717, 1.165) is 12.1 Å². The van der Waals surface area contributed by atoms with E-state index < -0.39 is 20.7 Å². The molecule has 100 valence electrons. The van der Waals surface area contributed by atoms with Gasteiger partial charge >= 0.3 is 0 Å². The number of carbonyl (C=O) groups excluding carboxylic acids is 1. The van der Waals surface area contributed by atoms with Crippen molar-refractivity contribution in [2.24, 2.45) is 5.14 Å². The van der Waals surface area contributed by atoms with Crippen LogP contribution in [0.15, 0.2) is 23.1 Å². The molecule has 0 heterocycles. The van der Waals surface area contributed by atoms with Gasteiger partial charge in [0.05, 0.1) is 0 Å². The molecule has 1 rings (SSSR count). The van der Waals surface area contributed by atoms with E-state index in [2.05, 4.69) is 0 Å². The Balaban J connectivity index is 3.25. The summed E-state index contributed by atoms with van der Waals surface area (Å²) in [5.74, 6) is -1.32. The Hall–Kier alpha value is -1.47. The molecule has 0 aromatic heterocycles. The molecule has 0 aliphatic carbocycles. The Morgan fingerprint density at radius 1 is 1.33 bits per heavy atom. The van der Waals surface area contributed by atoms with Gasteiger partial charge in [0.2, 0.25) is 10.0 Å². The lowest BCUT2D eigenvalue weighted by Crippen LogP contribution is -2.30. The van der Waals surface area contributed by atoms with Gasteiger partial charge in [-0.1, -0.05) is 0 Å². The van der Waals surface area contributed by atoms with Crippen LogP contribution >= 0.6 is 0 Å². The van der Waals surface area contributed by atoms with Gasteiger partial charge < -0.3 is 4.90 Å². The Morgan fingerprint density at radius 3 is 2.33 bits per heavy atom. The number of carbonyl (C=O) groups is 1. The zero-order chi connectivity index (χ0) is 13.9. The molecule has 0 saturated carbocycles. The van der Waals surface area contributed by atoms with Crippen molar-refractivity contribution in [2.45, 2.75) is 18.7 Å². The smallest absolute Gasteiger partial charge is 0.253 e. The second-order valence-electron chi connectivity index (χ2n) is 3.67. The lowest BCUT2D eigenvalue weighted by atomic mass is 10.2. The normalized spacial score (nSPS) is 11.3. The maximum Gasteiger partial charge on any atom is 0.253 e. The zero-order valence-corrected chi connectivity index (χ0v) is 11.0. The molecule has 5 nitrogen and oxygen atoms in total. The van der Waals surface area contributed by atoms with Crippen LogP contribution in [0.3, 0.4) is 0 Å². The summed E-state index contributed by atoms with van der Waals surface area (Å²) in [6.45, 7) is 4.56.